The number of nitrogens with zero attached hydrogens (tertiary/aromatic N) is 2. The summed E-state index contributed by atoms with van der Waals surface area (Å²) in [6.45, 7) is 12.1. The molecule has 0 saturated heterocycles. The van der Waals surface area contributed by atoms with Crippen LogP contribution >= 0.6 is 0 Å². The van der Waals surface area contributed by atoms with Gasteiger partial charge in [-0.15, -0.1) is 0 Å². The molecule has 0 amide bonds. The van der Waals surface area contributed by atoms with Crippen LogP contribution in [-0.2, 0) is 6.54 Å². The number of aromatic nitrogens is 2. The van der Waals surface area contributed by atoms with Crippen molar-refractivity contribution in [1.82, 2.24) is 9.55 Å². The van der Waals surface area contributed by atoms with Crippen molar-refractivity contribution in [2.24, 2.45) is 5.92 Å². The Labute approximate surface area is 99.3 Å². The van der Waals surface area contributed by atoms with E-state index >= 15 is 0 Å². The van der Waals surface area contributed by atoms with E-state index in [-0.39, 0.29) is 5.54 Å². The second-order valence-corrected chi connectivity index (χ2v) is 5.56. The average Bonchev–Trinajstić information content (AvgIpc) is 2.50. The molecule has 0 aliphatic rings. The summed E-state index contributed by atoms with van der Waals surface area (Å²) >= 11 is 0. The predicted molar refractivity (Wildman–Crippen MR) is 69.7 cm³/mol. The highest BCUT2D eigenvalue weighted by molar-refractivity contribution is 5.29. The zero-order chi connectivity index (χ0) is 12.2. The standard InChI is InChI=1S/C13H25N3/c1-6-7-13(4,5)15-12-14-8-9-16(12)10-11(2)3/h8-9,11H,6-7,10H2,1-5H3,(H,14,15). The summed E-state index contributed by atoms with van der Waals surface area (Å²) < 4.78 is 2.20. The number of nitrogens with one attached hydrogen (secondary N) is 1. The Hall–Kier alpha value is -0.990. The van der Waals surface area contributed by atoms with Crippen LogP contribution in [0.1, 0.15) is 47.5 Å². The van der Waals surface area contributed by atoms with Gasteiger partial charge >= 0.3 is 0 Å². The third kappa shape index (κ3) is 3.87. The number of imidazole rings is 1. The molecule has 0 unspecified atom stereocenters. The van der Waals surface area contributed by atoms with E-state index < -0.39 is 0 Å². The monoisotopic (exact) mass is 223 g/mol. The molecule has 0 spiro atoms. The van der Waals surface area contributed by atoms with Gasteiger partial charge in [-0.1, -0.05) is 27.2 Å². The first kappa shape index (κ1) is 13.1. The number of anilines is 1. The summed E-state index contributed by atoms with van der Waals surface area (Å²) in [5.74, 6) is 1.64. The Balaban J connectivity index is 2.69. The van der Waals surface area contributed by atoms with Crippen molar-refractivity contribution in [2.45, 2.75) is 59.5 Å². The first-order chi connectivity index (χ1) is 7.44. The fourth-order valence-electron chi connectivity index (χ4n) is 1.96. The molecule has 3 heteroatoms. The molecule has 16 heavy (non-hydrogen) atoms. The van der Waals surface area contributed by atoms with Crippen molar-refractivity contribution in [3.05, 3.63) is 12.4 Å². The van der Waals surface area contributed by atoms with E-state index in [1.165, 1.54) is 6.42 Å². The molecular formula is C13H25N3. The zero-order valence-corrected chi connectivity index (χ0v) is 11.2. The van der Waals surface area contributed by atoms with Gasteiger partial charge in [-0.25, -0.2) is 4.98 Å². The Kier molecular flexibility index (Phi) is 4.39. The van der Waals surface area contributed by atoms with Crippen LogP contribution in [0, 0.1) is 5.92 Å². The summed E-state index contributed by atoms with van der Waals surface area (Å²) in [5, 5.41) is 3.52. The maximum Gasteiger partial charge on any atom is 0.203 e. The van der Waals surface area contributed by atoms with E-state index in [1.807, 2.05) is 12.4 Å². The van der Waals surface area contributed by atoms with Crippen LogP contribution in [0.2, 0.25) is 0 Å². The Morgan fingerprint density at radius 3 is 2.69 bits per heavy atom. The fourth-order valence-corrected chi connectivity index (χ4v) is 1.96. The van der Waals surface area contributed by atoms with E-state index in [4.69, 9.17) is 0 Å². The van der Waals surface area contributed by atoms with Crippen molar-refractivity contribution < 1.29 is 0 Å². The van der Waals surface area contributed by atoms with Gasteiger partial charge in [0.2, 0.25) is 5.95 Å². The van der Waals surface area contributed by atoms with Crippen molar-refractivity contribution in [3.63, 3.8) is 0 Å². The van der Waals surface area contributed by atoms with Gasteiger partial charge in [0.05, 0.1) is 0 Å². The van der Waals surface area contributed by atoms with E-state index in [0.29, 0.717) is 5.92 Å². The average molecular weight is 223 g/mol. The second kappa shape index (κ2) is 5.37. The van der Waals surface area contributed by atoms with E-state index in [0.717, 1.165) is 18.9 Å². The van der Waals surface area contributed by atoms with Crippen molar-refractivity contribution >= 4 is 5.95 Å². The quantitative estimate of drug-likeness (QED) is 0.799. The van der Waals surface area contributed by atoms with Gasteiger partial charge in [-0.05, 0) is 26.2 Å². The summed E-state index contributed by atoms with van der Waals surface area (Å²) in [6, 6.07) is 0. The summed E-state index contributed by atoms with van der Waals surface area (Å²) in [6.07, 6.45) is 6.25. The molecule has 3 nitrogen and oxygen atoms in total. The number of hydrogen-bond donors (Lipinski definition) is 1. The molecule has 0 atom stereocenters. The van der Waals surface area contributed by atoms with Crippen molar-refractivity contribution in [1.29, 1.82) is 0 Å². The maximum atomic E-state index is 4.39. The van der Waals surface area contributed by atoms with Crippen LogP contribution in [0.3, 0.4) is 0 Å². The number of rotatable bonds is 6. The van der Waals surface area contributed by atoms with Gasteiger partial charge in [0.25, 0.3) is 0 Å². The first-order valence-corrected chi connectivity index (χ1v) is 6.24. The minimum absolute atomic E-state index is 0.120. The normalized spacial score (nSPS) is 12.1. The molecule has 1 heterocycles. The lowest BCUT2D eigenvalue weighted by Gasteiger charge is -2.27. The molecule has 1 N–H and O–H groups in total. The molecule has 0 aromatic carbocycles. The van der Waals surface area contributed by atoms with Gasteiger partial charge in [-0.3, -0.25) is 0 Å². The van der Waals surface area contributed by atoms with E-state index in [9.17, 15) is 0 Å². The van der Waals surface area contributed by atoms with Crippen LogP contribution in [-0.4, -0.2) is 15.1 Å². The molecule has 0 aliphatic heterocycles. The van der Waals surface area contributed by atoms with Crippen LogP contribution in [0.4, 0.5) is 5.95 Å². The smallest absolute Gasteiger partial charge is 0.203 e. The molecule has 92 valence electrons. The summed E-state index contributed by atoms with van der Waals surface area (Å²) in [7, 11) is 0. The van der Waals surface area contributed by atoms with Gasteiger partial charge in [0.15, 0.2) is 0 Å². The molecule has 1 aromatic rings. The highest BCUT2D eigenvalue weighted by atomic mass is 15.2. The topological polar surface area (TPSA) is 29.9 Å². The minimum atomic E-state index is 0.120. The van der Waals surface area contributed by atoms with Gasteiger partial charge in [-0.2, -0.15) is 0 Å². The lowest BCUT2D eigenvalue weighted by atomic mass is 9.99. The Bertz CT molecular complexity index is 313. The lowest BCUT2D eigenvalue weighted by Crippen LogP contribution is -2.32. The molecule has 0 saturated carbocycles. The van der Waals surface area contributed by atoms with Crippen LogP contribution < -0.4 is 5.32 Å². The van der Waals surface area contributed by atoms with Gasteiger partial charge in [0.1, 0.15) is 0 Å². The first-order valence-electron chi connectivity index (χ1n) is 6.24. The molecule has 0 radical (unpaired) electrons. The molecule has 1 rings (SSSR count). The van der Waals surface area contributed by atoms with Gasteiger partial charge in [0, 0.05) is 24.5 Å². The second-order valence-electron chi connectivity index (χ2n) is 5.56. The van der Waals surface area contributed by atoms with Crippen LogP contribution in [0.15, 0.2) is 12.4 Å². The van der Waals surface area contributed by atoms with Gasteiger partial charge < -0.3 is 9.88 Å². The molecule has 0 aliphatic carbocycles. The molecule has 0 fully saturated rings. The van der Waals surface area contributed by atoms with Crippen LogP contribution in [0.5, 0.6) is 0 Å². The third-order valence-electron chi connectivity index (χ3n) is 2.60. The van der Waals surface area contributed by atoms with Crippen molar-refractivity contribution in [2.75, 3.05) is 5.32 Å². The highest BCUT2D eigenvalue weighted by Gasteiger charge is 2.18. The Morgan fingerprint density at radius 2 is 2.12 bits per heavy atom. The third-order valence-corrected chi connectivity index (χ3v) is 2.60. The lowest BCUT2D eigenvalue weighted by molar-refractivity contribution is 0.486. The Morgan fingerprint density at radius 1 is 1.44 bits per heavy atom. The molecule has 0 bridgehead atoms. The summed E-state index contributed by atoms with van der Waals surface area (Å²) in [4.78, 5) is 4.39. The van der Waals surface area contributed by atoms with Crippen molar-refractivity contribution in [3.8, 4) is 0 Å². The SMILES string of the molecule is CCCC(C)(C)Nc1nccn1CC(C)C. The molecule has 1 aromatic heterocycles. The predicted octanol–water partition coefficient (Wildman–Crippen LogP) is 3.53. The minimum Gasteiger partial charge on any atom is -0.351 e. The molecular weight excluding hydrogens is 198 g/mol. The van der Waals surface area contributed by atoms with E-state index in [2.05, 4.69) is 49.5 Å². The largest absolute Gasteiger partial charge is 0.351 e. The number of hydrogen-bond acceptors (Lipinski definition) is 2. The maximum absolute atomic E-state index is 4.39. The highest BCUT2D eigenvalue weighted by Crippen LogP contribution is 2.18. The van der Waals surface area contributed by atoms with E-state index in [1.54, 1.807) is 0 Å². The fraction of sp³-hybridized carbons (Fsp3) is 0.769. The van der Waals surface area contributed by atoms with Crippen LogP contribution in [0.25, 0.3) is 0 Å². The zero-order valence-electron chi connectivity index (χ0n) is 11.2. The summed E-state index contributed by atoms with van der Waals surface area (Å²) in [5.41, 5.74) is 0.120.